The van der Waals surface area contributed by atoms with Gasteiger partial charge in [0.2, 0.25) is 0 Å². The number of amides is 2. The summed E-state index contributed by atoms with van der Waals surface area (Å²) in [5, 5.41) is 6.34. The van der Waals surface area contributed by atoms with Crippen LogP contribution in [0.4, 0.5) is 14.9 Å². The molecule has 1 aliphatic heterocycles. The first-order valence-electron chi connectivity index (χ1n) is 8.22. The predicted molar refractivity (Wildman–Crippen MR) is 96.6 cm³/mol. The smallest absolute Gasteiger partial charge is 0.319 e. The Morgan fingerprint density at radius 1 is 1.08 bits per heavy atom. The average molecular weight is 363 g/mol. The fraction of sp³-hybridized carbons (Fsp3) is 0.316. The van der Waals surface area contributed by atoms with E-state index < -0.39 is 0 Å². The molecule has 1 heterocycles. The number of anilines is 1. The second kappa shape index (κ2) is 7.85. The van der Waals surface area contributed by atoms with Crippen molar-refractivity contribution in [1.29, 1.82) is 0 Å². The van der Waals surface area contributed by atoms with E-state index in [0.29, 0.717) is 30.5 Å². The van der Waals surface area contributed by atoms with Gasteiger partial charge in [-0.25, -0.2) is 9.18 Å². The molecule has 0 atom stereocenters. The van der Waals surface area contributed by atoms with Gasteiger partial charge < -0.3 is 15.4 Å². The number of benzene rings is 2. The summed E-state index contributed by atoms with van der Waals surface area (Å²) in [7, 11) is 0. The van der Waals surface area contributed by atoms with Crippen molar-refractivity contribution in [3.8, 4) is 0 Å². The summed E-state index contributed by atoms with van der Waals surface area (Å²) < 4.78 is 18.7. The van der Waals surface area contributed by atoms with Crippen molar-refractivity contribution in [2.24, 2.45) is 0 Å². The highest BCUT2D eigenvalue weighted by Gasteiger charge is 2.34. The third-order valence-corrected chi connectivity index (χ3v) is 4.85. The highest BCUT2D eigenvalue weighted by Crippen LogP contribution is 2.34. The molecule has 0 bridgehead atoms. The molecule has 2 aromatic carbocycles. The van der Waals surface area contributed by atoms with E-state index in [2.05, 4.69) is 10.6 Å². The van der Waals surface area contributed by atoms with Gasteiger partial charge >= 0.3 is 6.03 Å². The summed E-state index contributed by atoms with van der Waals surface area (Å²) in [6, 6.07) is 13.1. The summed E-state index contributed by atoms with van der Waals surface area (Å²) in [5.41, 5.74) is 1.44. The number of rotatable bonds is 4. The lowest BCUT2D eigenvalue weighted by atomic mass is 9.74. The molecule has 2 aromatic rings. The Bertz CT molecular complexity index is 713. The number of carbonyl (C=O) groups excluding carboxylic acids is 1. The number of ether oxygens (including phenoxy) is 1. The number of nitrogens with one attached hydrogen (secondary N) is 2. The van der Waals surface area contributed by atoms with Gasteiger partial charge in [0.05, 0.1) is 0 Å². The maximum Gasteiger partial charge on any atom is 0.319 e. The molecule has 25 heavy (non-hydrogen) atoms. The number of carbonyl (C=O) groups is 1. The summed E-state index contributed by atoms with van der Waals surface area (Å²) in [5.74, 6) is -0.264. The van der Waals surface area contributed by atoms with Gasteiger partial charge in [0.25, 0.3) is 0 Å². The Hall–Kier alpha value is -2.11. The zero-order chi connectivity index (χ0) is 17.7. The molecule has 1 saturated heterocycles. The third-order valence-electron chi connectivity index (χ3n) is 4.60. The number of hydrogen-bond acceptors (Lipinski definition) is 2. The van der Waals surface area contributed by atoms with E-state index in [0.717, 1.165) is 18.4 Å². The first kappa shape index (κ1) is 17.7. The molecular weight excluding hydrogens is 343 g/mol. The normalized spacial score (nSPS) is 16.2. The van der Waals surface area contributed by atoms with Crippen LogP contribution in [0.1, 0.15) is 18.4 Å². The summed E-state index contributed by atoms with van der Waals surface area (Å²) in [6.07, 6.45) is 1.56. The van der Waals surface area contributed by atoms with Crippen LogP contribution in [0, 0.1) is 5.82 Å². The van der Waals surface area contributed by atoms with Gasteiger partial charge in [0.1, 0.15) is 5.82 Å². The SMILES string of the molecule is O=C(NCC1(c2ccc(F)cc2)CCOCC1)Nc1ccc(Cl)cc1. The van der Waals surface area contributed by atoms with Crippen molar-refractivity contribution in [2.75, 3.05) is 25.1 Å². The van der Waals surface area contributed by atoms with Gasteiger partial charge in [-0.05, 0) is 54.8 Å². The summed E-state index contributed by atoms with van der Waals surface area (Å²) in [4.78, 5) is 12.2. The number of urea groups is 1. The molecule has 0 radical (unpaired) electrons. The minimum atomic E-state index is -0.282. The molecule has 132 valence electrons. The molecule has 2 amide bonds. The Balaban J connectivity index is 1.67. The molecule has 0 spiro atoms. The fourth-order valence-corrected chi connectivity index (χ4v) is 3.22. The van der Waals surface area contributed by atoms with Crippen molar-refractivity contribution in [3.63, 3.8) is 0 Å². The average Bonchev–Trinajstić information content (AvgIpc) is 2.63. The van der Waals surface area contributed by atoms with Crippen molar-refractivity contribution < 1.29 is 13.9 Å². The van der Waals surface area contributed by atoms with Gasteiger partial charge in [-0.1, -0.05) is 23.7 Å². The monoisotopic (exact) mass is 362 g/mol. The summed E-state index contributed by atoms with van der Waals surface area (Å²) >= 11 is 5.84. The van der Waals surface area contributed by atoms with E-state index in [1.165, 1.54) is 12.1 Å². The van der Waals surface area contributed by atoms with E-state index in [9.17, 15) is 9.18 Å². The Labute approximate surface area is 151 Å². The number of halogens is 2. The lowest BCUT2D eigenvalue weighted by molar-refractivity contribution is 0.0508. The van der Waals surface area contributed by atoms with Crippen molar-refractivity contribution in [2.45, 2.75) is 18.3 Å². The Morgan fingerprint density at radius 2 is 1.72 bits per heavy atom. The molecule has 1 fully saturated rings. The maximum absolute atomic E-state index is 13.2. The third kappa shape index (κ3) is 4.50. The van der Waals surface area contributed by atoms with E-state index in [4.69, 9.17) is 16.3 Å². The summed E-state index contributed by atoms with van der Waals surface area (Å²) in [6.45, 7) is 1.71. The van der Waals surface area contributed by atoms with Crippen LogP contribution in [-0.4, -0.2) is 25.8 Å². The van der Waals surface area contributed by atoms with Crippen LogP contribution in [-0.2, 0) is 10.2 Å². The molecule has 6 heteroatoms. The Kier molecular flexibility index (Phi) is 5.56. The van der Waals surface area contributed by atoms with Crippen LogP contribution in [0.25, 0.3) is 0 Å². The second-order valence-corrected chi connectivity index (χ2v) is 6.65. The molecule has 0 saturated carbocycles. The molecule has 0 unspecified atom stereocenters. The molecule has 3 rings (SSSR count). The highest BCUT2D eigenvalue weighted by atomic mass is 35.5. The van der Waals surface area contributed by atoms with Crippen LogP contribution < -0.4 is 10.6 Å². The van der Waals surface area contributed by atoms with Crippen LogP contribution in [0.5, 0.6) is 0 Å². The maximum atomic E-state index is 13.2. The zero-order valence-electron chi connectivity index (χ0n) is 13.7. The minimum absolute atomic E-state index is 0.247. The van der Waals surface area contributed by atoms with Gasteiger partial charge in [-0.15, -0.1) is 0 Å². The van der Waals surface area contributed by atoms with E-state index in [1.807, 2.05) is 0 Å². The molecule has 0 aliphatic carbocycles. The predicted octanol–water partition coefficient (Wildman–Crippen LogP) is 4.35. The second-order valence-electron chi connectivity index (χ2n) is 6.21. The lowest BCUT2D eigenvalue weighted by Crippen LogP contribution is -2.45. The standard InChI is InChI=1S/C19H20ClFN2O2/c20-15-3-7-17(8-4-15)23-18(24)22-13-19(9-11-25-12-10-19)14-1-5-16(21)6-2-14/h1-8H,9-13H2,(H2,22,23,24). The largest absolute Gasteiger partial charge is 0.381 e. The van der Waals surface area contributed by atoms with Crippen LogP contribution >= 0.6 is 11.6 Å². The topological polar surface area (TPSA) is 50.4 Å². The number of hydrogen-bond donors (Lipinski definition) is 2. The van der Waals surface area contributed by atoms with E-state index in [1.54, 1.807) is 36.4 Å². The van der Waals surface area contributed by atoms with Crippen molar-refractivity contribution in [3.05, 3.63) is 64.9 Å². The molecule has 2 N–H and O–H groups in total. The van der Waals surface area contributed by atoms with Crippen molar-refractivity contribution in [1.82, 2.24) is 5.32 Å². The highest BCUT2D eigenvalue weighted by molar-refractivity contribution is 6.30. The van der Waals surface area contributed by atoms with Crippen LogP contribution in [0.15, 0.2) is 48.5 Å². The fourth-order valence-electron chi connectivity index (χ4n) is 3.09. The van der Waals surface area contributed by atoms with Gasteiger partial charge in [0, 0.05) is 35.9 Å². The molecular formula is C19H20ClFN2O2. The zero-order valence-corrected chi connectivity index (χ0v) is 14.5. The lowest BCUT2D eigenvalue weighted by Gasteiger charge is -2.38. The quantitative estimate of drug-likeness (QED) is 0.849. The van der Waals surface area contributed by atoms with Gasteiger partial charge in [-0.3, -0.25) is 0 Å². The minimum Gasteiger partial charge on any atom is -0.381 e. The van der Waals surface area contributed by atoms with Gasteiger partial charge in [-0.2, -0.15) is 0 Å². The Morgan fingerprint density at radius 3 is 2.36 bits per heavy atom. The van der Waals surface area contributed by atoms with E-state index in [-0.39, 0.29) is 17.3 Å². The van der Waals surface area contributed by atoms with Crippen LogP contribution in [0.2, 0.25) is 5.02 Å². The first-order valence-corrected chi connectivity index (χ1v) is 8.59. The molecule has 0 aromatic heterocycles. The van der Waals surface area contributed by atoms with Gasteiger partial charge in [0.15, 0.2) is 0 Å². The first-order chi connectivity index (χ1) is 12.1. The van der Waals surface area contributed by atoms with E-state index >= 15 is 0 Å². The molecule has 1 aliphatic rings. The van der Waals surface area contributed by atoms with Crippen molar-refractivity contribution >= 4 is 23.3 Å². The molecule has 4 nitrogen and oxygen atoms in total. The van der Waals surface area contributed by atoms with Crippen LogP contribution in [0.3, 0.4) is 0 Å².